The molecule has 1 aromatic heterocycles. The number of hydrogen-bond donors (Lipinski definition) is 0. The zero-order chi connectivity index (χ0) is 14.7. The third kappa shape index (κ3) is 2.49. The number of carbonyl (C=O) groups is 1. The van der Waals surface area contributed by atoms with Crippen molar-refractivity contribution >= 4 is 11.6 Å². The Balaban J connectivity index is 2.68. The van der Waals surface area contributed by atoms with Gasteiger partial charge < -0.3 is 4.90 Å². The van der Waals surface area contributed by atoms with Crippen LogP contribution in [0, 0.1) is 16.3 Å². The Morgan fingerprint density at radius 3 is 2.60 bits per heavy atom. The number of para-hydroxylation sites is 1. The topological polar surface area (TPSA) is 76.3 Å². The number of hydrogen-bond acceptors (Lipinski definition) is 4. The third-order valence-electron chi connectivity index (χ3n) is 2.75. The number of nitrogens with zero attached hydrogens (tertiary/aromatic N) is 3. The first-order valence-electron chi connectivity index (χ1n) is 5.84. The summed E-state index contributed by atoms with van der Waals surface area (Å²) in [7, 11) is 3.10. The Morgan fingerprint density at radius 2 is 2.05 bits per heavy atom. The summed E-state index contributed by atoms with van der Waals surface area (Å²) in [4.78, 5) is 28.0. The van der Waals surface area contributed by atoms with Crippen LogP contribution in [0.3, 0.4) is 0 Å². The Hall–Kier alpha value is -2.76. The second-order valence-electron chi connectivity index (χ2n) is 4.32. The molecular weight excluding hydrogens is 258 g/mol. The number of benzene rings is 1. The molecule has 1 heterocycles. The van der Waals surface area contributed by atoms with E-state index in [9.17, 15) is 14.9 Å². The lowest BCUT2D eigenvalue weighted by Crippen LogP contribution is -2.22. The van der Waals surface area contributed by atoms with Crippen molar-refractivity contribution in [2.24, 2.45) is 0 Å². The number of pyridine rings is 1. The van der Waals surface area contributed by atoms with Crippen molar-refractivity contribution in [2.75, 3.05) is 14.1 Å². The predicted molar refractivity (Wildman–Crippen MR) is 73.2 cm³/mol. The Labute approximate surface area is 115 Å². The number of nitro groups is 1. The SMILES string of the molecule is CN(C)C(=O)c1cccc(-c2[c]nccc2)c1[N+](=O)[O-]. The molecule has 6 nitrogen and oxygen atoms in total. The highest BCUT2D eigenvalue weighted by molar-refractivity contribution is 6.00. The number of rotatable bonds is 3. The van der Waals surface area contributed by atoms with Crippen LogP contribution in [0.15, 0.2) is 36.5 Å². The molecule has 0 atom stereocenters. The zero-order valence-corrected chi connectivity index (χ0v) is 11.0. The number of carbonyl (C=O) groups excluding carboxylic acids is 1. The van der Waals surface area contributed by atoms with Crippen LogP contribution < -0.4 is 0 Å². The number of aromatic nitrogens is 1. The Bertz CT molecular complexity index is 654. The summed E-state index contributed by atoms with van der Waals surface area (Å²) in [5.74, 6) is -0.414. The van der Waals surface area contributed by atoms with Crippen molar-refractivity contribution in [1.29, 1.82) is 0 Å². The largest absolute Gasteiger partial charge is 0.345 e. The molecule has 0 unspecified atom stereocenters. The van der Waals surface area contributed by atoms with E-state index in [1.54, 1.807) is 38.4 Å². The molecule has 6 heteroatoms. The summed E-state index contributed by atoms with van der Waals surface area (Å²) < 4.78 is 0. The summed E-state index contributed by atoms with van der Waals surface area (Å²) in [6.45, 7) is 0. The van der Waals surface area contributed by atoms with Gasteiger partial charge in [-0.25, -0.2) is 0 Å². The molecule has 0 aliphatic rings. The molecule has 20 heavy (non-hydrogen) atoms. The summed E-state index contributed by atoms with van der Waals surface area (Å²) in [5.41, 5.74) is 0.633. The van der Waals surface area contributed by atoms with Crippen molar-refractivity contribution in [3.05, 3.63) is 58.4 Å². The maximum absolute atomic E-state index is 12.0. The first-order valence-corrected chi connectivity index (χ1v) is 5.84. The Kier molecular flexibility index (Phi) is 3.74. The van der Waals surface area contributed by atoms with Crippen LogP contribution in [0.25, 0.3) is 11.1 Å². The van der Waals surface area contributed by atoms with Crippen molar-refractivity contribution < 1.29 is 9.72 Å². The molecule has 2 rings (SSSR count). The van der Waals surface area contributed by atoms with Gasteiger partial charge in [-0.3, -0.25) is 19.9 Å². The van der Waals surface area contributed by atoms with Crippen LogP contribution >= 0.6 is 0 Å². The molecule has 0 fully saturated rings. The molecule has 0 aliphatic heterocycles. The molecule has 1 radical (unpaired) electrons. The molecule has 0 aliphatic carbocycles. The van der Waals surface area contributed by atoms with Crippen LogP contribution in [0.1, 0.15) is 10.4 Å². The van der Waals surface area contributed by atoms with E-state index < -0.39 is 10.8 Å². The monoisotopic (exact) mass is 270 g/mol. The van der Waals surface area contributed by atoms with E-state index in [0.29, 0.717) is 11.1 Å². The summed E-state index contributed by atoms with van der Waals surface area (Å²) in [6.07, 6.45) is 4.23. The molecule has 2 aromatic rings. The molecule has 1 aromatic carbocycles. The molecule has 0 N–H and O–H groups in total. The van der Waals surface area contributed by atoms with Crippen LogP contribution in [0.2, 0.25) is 0 Å². The lowest BCUT2D eigenvalue weighted by molar-refractivity contribution is -0.384. The highest BCUT2D eigenvalue weighted by Crippen LogP contribution is 2.32. The van der Waals surface area contributed by atoms with E-state index in [4.69, 9.17) is 0 Å². The molecule has 0 saturated heterocycles. The van der Waals surface area contributed by atoms with Gasteiger partial charge in [0.25, 0.3) is 11.6 Å². The average molecular weight is 270 g/mol. The summed E-state index contributed by atoms with van der Waals surface area (Å²) >= 11 is 0. The first-order chi connectivity index (χ1) is 9.52. The minimum Gasteiger partial charge on any atom is -0.345 e. The zero-order valence-electron chi connectivity index (χ0n) is 11.0. The molecule has 1 amide bonds. The fourth-order valence-corrected chi connectivity index (χ4v) is 1.85. The second-order valence-corrected chi connectivity index (χ2v) is 4.32. The molecule has 0 spiro atoms. The maximum Gasteiger partial charge on any atom is 0.289 e. The number of amides is 1. The van der Waals surface area contributed by atoms with E-state index in [-0.39, 0.29) is 11.3 Å². The summed E-state index contributed by atoms with van der Waals surface area (Å²) in [5, 5.41) is 11.3. The molecule has 0 saturated carbocycles. The van der Waals surface area contributed by atoms with E-state index in [1.165, 1.54) is 17.2 Å². The molecule has 0 bridgehead atoms. The summed E-state index contributed by atoms with van der Waals surface area (Å²) in [6, 6.07) is 7.97. The van der Waals surface area contributed by atoms with Crippen molar-refractivity contribution in [3.8, 4) is 11.1 Å². The predicted octanol–water partition coefficient (Wildman–Crippen LogP) is 2.16. The van der Waals surface area contributed by atoms with Gasteiger partial charge in [0, 0.05) is 25.9 Å². The van der Waals surface area contributed by atoms with Gasteiger partial charge in [-0.1, -0.05) is 12.1 Å². The van der Waals surface area contributed by atoms with Crippen LogP contribution in [-0.2, 0) is 0 Å². The molecule has 101 valence electrons. The first kappa shape index (κ1) is 13.7. The van der Waals surface area contributed by atoms with Gasteiger partial charge in [-0.15, -0.1) is 0 Å². The van der Waals surface area contributed by atoms with Gasteiger partial charge in [0.1, 0.15) is 5.56 Å². The fraction of sp³-hybridized carbons (Fsp3) is 0.143. The third-order valence-corrected chi connectivity index (χ3v) is 2.75. The fourth-order valence-electron chi connectivity index (χ4n) is 1.85. The second kappa shape index (κ2) is 5.48. The highest BCUT2D eigenvalue weighted by Gasteiger charge is 2.26. The number of nitro benzene ring substituents is 1. The van der Waals surface area contributed by atoms with Crippen molar-refractivity contribution in [3.63, 3.8) is 0 Å². The minimum absolute atomic E-state index is 0.0507. The van der Waals surface area contributed by atoms with Gasteiger partial charge in [-0.05, 0) is 18.2 Å². The van der Waals surface area contributed by atoms with Gasteiger partial charge in [-0.2, -0.15) is 0 Å². The quantitative estimate of drug-likeness (QED) is 0.632. The lowest BCUT2D eigenvalue weighted by Gasteiger charge is -2.12. The van der Waals surface area contributed by atoms with Gasteiger partial charge in [0.05, 0.1) is 16.7 Å². The van der Waals surface area contributed by atoms with Crippen LogP contribution in [0.5, 0.6) is 0 Å². The van der Waals surface area contributed by atoms with Crippen molar-refractivity contribution in [2.45, 2.75) is 0 Å². The molecular formula is C14H12N3O3. The Morgan fingerprint density at radius 1 is 1.30 bits per heavy atom. The smallest absolute Gasteiger partial charge is 0.289 e. The maximum atomic E-state index is 12.0. The standard InChI is InChI=1S/C14H12N3O3/c1-16(2)14(18)12-7-3-6-11(13(12)17(19)20)10-5-4-8-15-9-10/h3-8H,1-2H3. The average Bonchev–Trinajstić information content (AvgIpc) is 2.46. The van der Waals surface area contributed by atoms with Gasteiger partial charge in [0.2, 0.25) is 0 Å². The van der Waals surface area contributed by atoms with E-state index in [1.807, 2.05) is 0 Å². The normalized spacial score (nSPS) is 10.1. The van der Waals surface area contributed by atoms with Crippen LogP contribution in [0.4, 0.5) is 5.69 Å². The van der Waals surface area contributed by atoms with Gasteiger partial charge >= 0.3 is 0 Å². The van der Waals surface area contributed by atoms with Crippen molar-refractivity contribution in [1.82, 2.24) is 9.88 Å². The van der Waals surface area contributed by atoms with Gasteiger partial charge in [0.15, 0.2) is 0 Å². The highest BCUT2D eigenvalue weighted by atomic mass is 16.6. The van der Waals surface area contributed by atoms with E-state index >= 15 is 0 Å². The van der Waals surface area contributed by atoms with E-state index in [2.05, 4.69) is 11.2 Å². The lowest BCUT2D eigenvalue weighted by atomic mass is 10.0. The van der Waals surface area contributed by atoms with E-state index in [0.717, 1.165) is 0 Å². The van der Waals surface area contributed by atoms with Crippen LogP contribution in [-0.4, -0.2) is 34.8 Å². The minimum atomic E-state index is -0.549.